The van der Waals surface area contributed by atoms with Gasteiger partial charge in [-0.3, -0.25) is 4.90 Å². The molecule has 2 unspecified atom stereocenters. The summed E-state index contributed by atoms with van der Waals surface area (Å²) in [6.45, 7) is 11.9. The predicted octanol–water partition coefficient (Wildman–Crippen LogP) is 3.42. The molecule has 1 heterocycles. The van der Waals surface area contributed by atoms with E-state index in [0.29, 0.717) is 12.6 Å². The van der Waals surface area contributed by atoms with Crippen molar-refractivity contribution in [3.8, 4) is 0 Å². The number of nitrogens with two attached hydrogens (primary N) is 1. The molecule has 0 bridgehead atoms. The van der Waals surface area contributed by atoms with Crippen LogP contribution in [-0.2, 0) is 0 Å². The molecule has 0 aliphatic carbocycles. The first-order chi connectivity index (χ1) is 8.12. The molecule has 0 radical (unpaired) electrons. The zero-order valence-electron chi connectivity index (χ0n) is 11.6. The maximum absolute atomic E-state index is 5.97. The predicted molar refractivity (Wildman–Crippen MR) is 77.6 cm³/mol. The fraction of sp³-hybridized carbons (Fsp3) is 0.714. The molecule has 1 aromatic heterocycles. The van der Waals surface area contributed by atoms with Crippen molar-refractivity contribution in [1.29, 1.82) is 0 Å². The van der Waals surface area contributed by atoms with E-state index in [2.05, 4.69) is 44.7 Å². The van der Waals surface area contributed by atoms with E-state index in [1.807, 2.05) is 11.3 Å². The van der Waals surface area contributed by atoms with Crippen LogP contribution in [0.2, 0.25) is 0 Å². The summed E-state index contributed by atoms with van der Waals surface area (Å²) in [4.78, 5) is 5.30. The van der Waals surface area contributed by atoms with Crippen molar-refractivity contribution < 1.29 is 0 Å². The maximum Gasteiger partial charge on any atom is 0.0564 e. The van der Waals surface area contributed by atoms with Gasteiger partial charge in [-0.15, -0.1) is 11.3 Å². The largest absolute Gasteiger partial charge is 0.329 e. The van der Waals surface area contributed by atoms with E-state index in [1.165, 1.54) is 16.2 Å². The van der Waals surface area contributed by atoms with Crippen LogP contribution in [0.1, 0.15) is 43.0 Å². The summed E-state index contributed by atoms with van der Waals surface area (Å²) in [6.07, 6.45) is 1.23. The highest BCUT2D eigenvalue weighted by Crippen LogP contribution is 2.27. The summed E-state index contributed by atoms with van der Waals surface area (Å²) < 4.78 is 0. The molecule has 0 fully saturated rings. The third-order valence-corrected chi connectivity index (χ3v) is 4.50. The van der Waals surface area contributed by atoms with E-state index in [1.54, 1.807) is 0 Å². The molecule has 0 amide bonds. The van der Waals surface area contributed by atoms with Crippen LogP contribution in [0.15, 0.2) is 12.1 Å². The quantitative estimate of drug-likeness (QED) is 0.808. The Balaban J connectivity index is 2.76. The molecule has 3 heteroatoms. The third-order valence-electron chi connectivity index (χ3n) is 3.40. The van der Waals surface area contributed by atoms with E-state index in [-0.39, 0.29) is 0 Å². The van der Waals surface area contributed by atoms with Gasteiger partial charge < -0.3 is 5.73 Å². The Morgan fingerprint density at radius 2 is 2.06 bits per heavy atom. The first-order valence-corrected chi connectivity index (χ1v) is 7.44. The molecule has 0 aliphatic heterocycles. The van der Waals surface area contributed by atoms with E-state index in [0.717, 1.165) is 19.0 Å². The molecule has 0 saturated carbocycles. The molecule has 0 aromatic carbocycles. The first kappa shape index (κ1) is 14.7. The minimum absolute atomic E-state index is 0.396. The average molecular weight is 254 g/mol. The molecule has 2 N–H and O–H groups in total. The average Bonchev–Trinajstić information content (AvgIpc) is 2.75. The fourth-order valence-corrected chi connectivity index (χ4v) is 3.11. The van der Waals surface area contributed by atoms with E-state index in [4.69, 9.17) is 5.73 Å². The lowest BCUT2D eigenvalue weighted by molar-refractivity contribution is 0.185. The zero-order chi connectivity index (χ0) is 12.8. The molecule has 0 saturated heterocycles. The van der Waals surface area contributed by atoms with Crippen LogP contribution < -0.4 is 5.73 Å². The lowest BCUT2D eigenvalue weighted by Gasteiger charge is -2.31. The molecule has 1 rings (SSSR count). The number of likely N-dealkylation sites (N-methyl/N-ethyl adjacent to an activating group) is 1. The highest BCUT2D eigenvalue weighted by Gasteiger charge is 2.20. The summed E-state index contributed by atoms with van der Waals surface area (Å²) in [5.74, 6) is 0.741. The number of hydrogen-bond acceptors (Lipinski definition) is 3. The number of nitrogens with zero attached hydrogens (tertiary/aromatic N) is 1. The van der Waals surface area contributed by atoms with Crippen molar-refractivity contribution in [2.75, 3.05) is 19.6 Å². The molecule has 0 aliphatic rings. The maximum atomic E-state index is 5.97. The van der Waals surface area contributed by atoms with Crippen molar-refractivity contribution in [1.82, 2.24) is 4.90 Å². The first-order valence-electron chi connectivity index (χ1n) is 6.62. The second-order valence-corrected chi connectivity index (χ2v) is 6.12. The molecule has 98 valence electrons. The van der Waals surface area contributed by atoms with Gasteiger partial charge in [0.05, 0.1) is 6.04 Å². The topological polar surface area (TPSA) is 29.3 Å². The van der Waals surface area contributed by atoms with Gasteiger partial charge in [-0.05, 0) is 31.5 Å². The molecular formula is C14H26N2S. The number of thiophene rings is 1. The van der Waals surface area contributed by atoms with E-state index >= 15 is 0 Å². The van der Waals surface area contributed by atoms with E-state index in [9.17, 15) is 0 Å². The summed E-state index contributed by atoms with van der Waals surface area (Å²) in [5, 5.41) is 0. The van der Waals surface area contributed by atoms with Gasteiger partial charge in [0.2, 0.25) is 0 Å². The standard InChI is InChI=1S/C14H26N2S/c1-5-11(3)10-16(6-2)13(9-15)14-8-7-12(4)17-14/h7-8,11,13H,5-6,9-10,15H2,1-4H3. The van der Waals surface area contributed by atoms with Crippen molar-refractivity contribution in [3.05, 3.63) is 21.9 Å². The second kappa shape index (κ2) is 7.14. The van der Waals surface area contributed by atoms with Crippen molar-refractivity contribution in [2.24, 2.45) is 11.7 Å². The summed E-state index contributed by atoms with van der Waals surface area (Å²) >= 11 is 1.88. The second-order valence-electron chi connectivity index (χ2n) is 4.80. The van der Waals surface area contributed by atoms with Crippen molar-refractivity contribution >= 4 is 11.3 Å². The highest BCUT2D eigenvalue weighted by atomic mass is 32.1. The Hall–Kier alpha value is -0.380. The summed E-state index contributed by atoms with van der Waals surface area (Å²) in [7, 11) is 0. The van der Waals surface area contributed by atoms with Crippen LogP contribution in [-0.4, -0.2) is 24.5 Å². The fourth-order valence-electron chi connectivity index (χ4n) is 2.08. The molecule has 2 atom stereocenters. The van der Waals surface area contributed by atoms with E-state index < -0.39 is 0 Å². The van der Waals surface area contributed by atoms with Crippen LogP contribution in [0.25, 0.3) is 0 Å². The SMILES string of the molecule is CCC(C)CN(CC)C(CN)c1ccc(C)s1. The van der Waals surface area contributed by atoms with Gasteiger partial charge in [0.15, 0.2) is 0 Å². The Morgan fingerprint density at radius 3 is 2.47 bits per heavy atom. The van der Waals surface area contributed by atoms with Crippen LogP contribution in [0.4, 0.5) is 0 Å². The molecule has 1 aromatic rings. The summed E-state index contributed by atoms with van der Waals surface area (Å²) in [5.41, 5.74) is 5.97. The van der Waals surface area contributed by atoms with Gasteiger partial charge in [-0.2, -0.15) is 0 Å². The van der Waals surface area contributed by atoms with Gasteiger partial charge in [-0.25, -0.2) is 0 Å². The Labute approximate surface area is 110 Å². The minimum atomic E-state index is 0.396. The van der Waals surface area contributed by atoms with Gasteiger partial charge in [0.25, 0.3) is 0 Å². The molecule has 2 nitrogen and oxygen atoms in total. The van der Waals surface area contributed by atoms with Crippen LogP contribution in [0.5, 0.6) is 0 Å². The normalized spacial score (nSPS) is 15.2. The van der Waals surface area contributed by atoms with Gasteiger partial charge in [-0.1, -0.05) is 27.2 Å². The lowest BCUT2D eigenvalue weighted by atomic mass is 10.1. The smallest absolute Gasteiger partial charge is 0.0564 e. The van der Waals surface area contributed by atoms with Crippen molar-refractivity contribution in [3.63, 3.8) is 0 Å². The summed E-state index contributed by atoms with van der Waals surface area (Å²) in [6, 6.07) is 4.82. The Kier molecular flexibility index (Phi) is 6.17. The Morgan fingerprint density at radius 1 is 1.35 bits per heavy atom. The van der Waals surface area contributed by atoms with Crippen LogP contribution in [0.3, 0.4) is 0 Å². The highest BCUT2D eigenvalue weighted by molar-refractivity contribution is 7.12. The molecule has 17 heavy (non-hydrogen) atoms. The Bertz CT molecular complexity index is 322. The molecular weight excluding hydrogens is 228 g/mol. The van der Waals surface area contributed by atoms with Gasteiger partial charge >= 0.3 is 0 Å². The molecule has 0 spiro atoms. The minimum Gasteiger partial charge on any atom is -0.329 e. The number of rotatable bonds is 7. The van der Waals surface area contributed by atoms with Crippen molar-refractivity contribution in [2.45, 2.75) is 40.2 Å². The monoisotopic (exact) mass is 254 g/mol. The van der Waals surface area contributed by atoms with Gasteiger partial charge in [0.1, 0.15) is 0 Å². The van der Waals surface area contributed by atoms with Gasteiger partial charge in [0, 0.05) is 22.8 Å². The lowest BCUT2D eigenvalue weighted by Crippen LogP contribution is -2.36. The van der Waals surface area contributed by atoms with Crippen LogP contribution in [0, 0.1) is 12.8 Å². The number of aryl methyl sites for hydroxylation is 1. The number of hydrogen-bond donors (Lipinski definition) is 1. The zero-order valence-corrected chi connectivity index (χ0v) is 12.4. The van der Waals surface area contributed by atoms with Crippen LogP contribution >= 0.6 is 11.3 Å². The third kappa shape index (κ3) is 4.09.